The van der Waals surface area contributed by atoms with Gasteiger partial charge in [-0.05, 0) is 43.2 Å². The van der Waals surface area contributed by atoms with Crippen LogP contribution in [0, 0.1) is 6.92 Å². The van der Waals surface area contributed by atoms with Crippen LogP contribution in [0.25, 0.3) is 0 Å². The summed E-state index contributed by atoms with van der Waals surface area (Å²) >= 11 is 0. The van der Waals surface area contributed by atoms with Gasteiger partial charge in [0.25, 0.3) is 0 Å². The molecule has 0 aromatic carbocycles. The van der Waals surface area contributed by atoms with E-state index >= 15 is 0 Å². The fourth-order valence-electron chi connectivity index (χ4n) is 1.53. The molecule has 0 unspecified atom stereocenters. The first-order valence-corrected chi connectivity index (χ1v) is 5.08. The lowest BCUT2D eigenvalue weighted by atomic mass is 10.1. The molecule has 0 saturated carbocycles. The predicted octanol–water partition coefficient (Wildman–Crippen LogP) is 2.70. The number of aliphatic imine (C=N–C) groups is 1. The summed E-state index contributed by atoms with van der Waals surface area (Å²) in [6, 6.07) is 4.06. The zero-order valence-corrected chi connectivity index (χ0v) is 9.07. The standard InChI is InChI=1S/C13H14N2/c1-10-4-3-6-14-12(8-10)13-9-11(2)5-7-15-13/h3-5,7-9H,6H2,1-2H3. The van der Waals surface area contributed by atoms with Crippen LogP contribution in [0.3, 0.4) is 0 Å². The number of hydrogen-bond donors (Lipinski definition) is 0. The van der Waals surface area contributed by atoms with Crippen molar-refractivity contribution in [2.75, 3.05) is 6.54 Å². The maximum absolute atomic E-state index is 4.48. The Morgan fingerprint density at radius 1 is 1.27 bits per heavy atom. The van der Waals surface area contributed by atoms with E-state index in [1.165, 1.54) is 11.1 Å². The normalized spacial score (nSPS) is 15.6. The third kappa shape index (κ3) is 2.40. The average molecular weight is 198 g/mol. The Morgan fingerprint density at radius 2 is 2.13 bits per heavy atom. The fraction of sp³-hybridized carbons (Fsp3) is 0.231. The molecule has 0 radical (unpaired) electrons. The molecule has 76 valence electrons. The molecule has 2 rings (SSSR count). The Balaban J connectivity index is 2.39. The van der Waals surface area contributed by atoms with Crippen molar-refractivity contribution in [1.82, 2.24) is 4.98 Å². The highest BCUT2D eigenvalue weighted by atomic mass is 14.8. The molecule has 2 heterocycles. The number of rotatable bonds is 1. The zero-order chi connectivity index (χ0) is 10.7. The van der Waals surface area contributed by atoms with Crippen LogP contribution in [0.5, 0.6) is 0 Å². The SMILES string of the molecule is CC1=CC(c2cc(C)ccn2)=NCC=C1. The summed E-state index contributed by atoms with van der Waals surface area (Å²) in [6.45, 7) is 4.88. The minimum Gasteiger partial charge on any atom is -0.279 e. The van der Waals surface area contributed by atoms with E-state index in [9.17, 15) is 0 Å². The highest BCUT2D eigenvalue weighted by Gasteiger charge is 2.03. The third-order valence-corrected chi connectivity index (χ3v) is 2.29. The van der Waals surface area contributed by atoms with Gasteiger partial charge in [-0.1, -0.05) is 12.2 Å². The van der Waals surface area contributed by atoms with E-state index in [-0.39, 0.29) is 0 Å². The van der Waals surface area contributed by atoms with Gasteiger partial charge in [0.05, 0.1) is 18.0 Å². The fourth-order valence-corrected chi connectivity index (χ4v) is 1.53. The monoisotopic (exact) mass is 198 g/mol. The summed E-state index contributed by atoms with van der Waals surface area (Å²) in [5.41, 5.74) is 4.36. The number of hydrogen-bond acceptors (Lipinski definition) is 2. The highest BCUT2D eigenvalue weighted by Crippen LogP contribution is 2.08. The van der Waals surface area contributed by atoms with E-state index in [2.05, 4.69) is 48.1 Å². The van der Waals surface area contributed by atoms with Crippen molar-refractivity contribution in [1.29, 1.82) is 0 Å². The minimum atomic E-state index is 0.735. The van der Waals surface area contributed by atoms with Gasteiger partial charge in [0.2, 0.25) is 0 Å². The van der Waals surface area contributed by atoms with Gasteiger partial charge in [0, 0.05) is 6.20 Å². The highest BCUT2D eigenvalue weighted by molar-refractivity contribution is 6.08. The number of aromatic nitrogens is 1. The van der Waals surface area contributed by atoms with Gasteiger partial charge >= 0.3 is 0 Å². The summed E-state index contributed by atoms with van der Waals surface area (Å²) in [6.07, 6.45) is 8.06. The zero-order valence-electron chi connectivity index (χ0n) is 9.07. The van der Waals surface area contributed by atoms with E-state index in [1.54, 1.807) is 0 Å². The molecule has 1 aromatic heterocycles. The van der Waals surface area contributed by atoms with Crippen molar-refractivity contribution in [2.45, 2.75) is 13.8 Å². The van der Waals surface area contributed by atoms with Crippen molar-refractivity contribution in [2.24, 2.45) is 4.99 Å². The Labute approximate surface area is 90.1 Å². The number of aryl methyl sites for hydroxylation is 1. The first-order valence-electron chi connectivity index (χ1n) is 5.08. The van der Waals surface area contributed by atoms with E-state index in [1.807, 2.05) is 12.3 Å². The molecule has 2 heteroatoms. The van der Waals surface area contributed by atoms with Gasteiger partial charge in [-0.3, -0.25) is 9.98 Å². The van der Waals surface area contributed by atoms with Gasteiger partial charge in [-0.15, -0.1) is 0 Å². The number of allylic oxidation sites excluding steroid dienone is 3. The van der Waals surface area contributed by atoms with Crippen LogP contribution in [0.15, 0.2) is 47.1 Å². The quantitative estimate of drug-likeness (QED) is 0.681. The van der Waals surface area contributed by atoms with Crippen LogP contribution in [-0.2, 0) is 0 Å². The maximum Gasteiger partial charge on any atom is 0.0884 e. The molecule has 2 nitrogen and oxygen atoms in total. The minimum absolute atomic E-state index is 0.735. The van der Waals surface area contributed by atoms with Crippen molar-refractivity contribution < 1.29 is 0 Å². The molecule has 0 N–H and O–H groups in total. The summed E-state index contributed by atoms with van der Waals surface area (Å²) in [5, 5.41) is 0. The Hall–Kier alpha value is -1.70. The molecule has 15 heavy (non-hydrogen) atoms. The molecular weight excluding hydrogens is 184 g/mol. The molecule has 0 atom stereocenters. The van der Waals surface area contributed by atoms with E-state index in [0.29, 0.717) is 0 Å². The van der Waals surface area contributed by atoms with Crippen LogP contribution in [0.1, 0.15) is 18.2 Å². The largest absolute Gasteiger partial charge is 0.279 e. The Morgan fingerprint density at radius 3 is 2.93 bits per heavy atom. The van der Waals surface area contributed by atoms with Crippen LogP contribution >= 0.6 is 0 Å². The molecule has 0 bridgehead atoms. The van der Waals surface area contributed by atoms with E-state index in [4.69, 9.17) is 0 Å². The first kappa shape index (κ1) is 9.84. The second-order valence-corrected chi connectivity index (χ2v) is 3.74. The summed E-state index contributed by atoms with van der Waals surface area (Å²) in [4.78, 5) is 8.81. The van der Waals surface area contributed by atoms with Crippen LogP contribution in [-0.4, -0.2) is 17.2 Å². The van der Waals surface area contributed by atoms with Gasteiger partial charge < -0.3 is 0 Å². The Bertz CT molecular complexity index is 453. The summed E-state index contributed by atoms with van der Waals surface area (Å²) in [5.74, 6) is 0. The van der Waals surface area contributed by atoms with Crippen LogP contribution in [0.4, 0.5) is 0 Å². The Kier molecular flexibility index (Phi) is 2.77. The smallest absolute Gasteiger partial charge is 0.0884 e. The molecule has 0 fully saturated rings. The lowest BCUT2D eigenvalue weighted by Gasteiger charge is -2.01. The molecule has 0 aliphatic carbocycles. The topological polar surface area (TPSA) is 25.2 Å². The first-order chi connectivity index (χ1) is 7.25. The molecule has 0 saturated heterocycles. The molecule has 1 aliphatic heterocycles. The third-order valence-electron chi connectivity index (χ3n) is 2.29. The van der Waals surface area contributed by atoms with Crippen LogP contribution < -0.4 is 0 Å². The lowest BCUT2D eigenvalue weighted by molar-refractivity contribution is 1.21. The van der Waals surface area contributed by atoms with Gasteiger partial charge in [0.15, 0.2) is 0 Å². The van der Waals surface area contributed by atoms with E-state index < -0.39 is 0 Å². The summed E-state index contributed by atoms with van der Waals surface area (Å²) in [7, 11) is 0. The van der Waals surface area contributed by atoms with Crippen molar-refractivity contribution in [3.05, 3.63) is 53.4 Å². The molecule has 1 aromatic rings. The van der Waals surface area contributed by atoms with Gasteiger partial charge in [-0.2, -0.15) is 0 Å². The van der Waals surface area contributed by atoms with Gasteiger partial charge in [0.1, 0.15) is 0 Å². The van der Waals surface area contributed by atoms with E-state index in [0.717, 1.165) is 18.0 Å². The maximum atomic E-state index is 4.48. The van der Waals surface area contributed by atoms with Gasteiger partial charge in [-0.25, -0.2) is 0 Å². The molecular formula is C13H14N2. The van der Waals surface area contributed by atoms with Crippen LogP contribution in [0.2, 0.25) is 0 Å². The molecule has 1 aliphatic rings. The number of nitrogens with zero attached hydrogens (tertiary/aromatic N) is 2. The number of pyridine rings is 1. The second-order valence-electron chi connectivity index (χ2n) is 3.74. The van der Waals surface area contributed by atoms with Crippen molar-refractivity contribution >= 4 is 5.71 Å². The molecule has 0 amide bonds. The summed E-state index contributed by atoms with van der Waals surface area (Å²) < 4.78 is 0. The average Bonchev–Trinajstić information content (AvgIpc) is 2.43. The van der Waals surface area contributed by atoms with Crippen molar-refractivity contribution in [3.8, 4) is 0 Å². The predicted molar refractivity (Wildman–Crippen MR) is 63.3 cm³/mol. The lowest BCUT2D eigenvalue weighted by Crippen LogP contribution is -2.01. The second kappa shape index (κ2) is 4.22. The van der Waals surface area contributed by atoms with Crippen molar-refractivity contribution in [3.63, 3.8) is 0 Å². The molecule has 0 spiro atoms.